The Morgan fingerprint density at radius 2 is 1.76 bits per heavy atom. The van der Waals surface area contributed by atoms with E-state index in [1.807, 2.05) is 0 Å². The lowest BCUT2D eigenvalue weighted by Gasteiger charge is -2.15. The van der Waals surface area contributed by atoms with Gasteiger partial charge in [-0.25, -0.2) is 0 Å². The molecular formula is C12H10F6O3. The fraction of sp³-hybridized carbons (Fsp3) is 0.417. The van der Waals surface area contributed by atoms with Crippen molar-refractivity contribution in [3.05, 3.63) is 29.3 Å². The Kier molecular flexibility index (Phi) is 5.08. The van der Waals surface area contributed by atoms with Crippen LogP contribution in [0.25, 0.3) is 0 Å². The number of ether oxygens (including phenoxy) is 2. The Labute approximate surface area is 115 Å². The molecule has 1 aromatic carbocycles. The zero-order valence-electron chi connectivity index (χ0n) is 10.6. The maximum atomic E-state index is 12.5. The number of rotatable bonds is 4. The van der Waals surface area contributed by atoms with Crippen molar-refractivity contribution in [2.45, 2.75) is 25.9 Å². The van der Waals surface area contributed by atoms with Crippen molar-refractivity contribution in [2.75, 3.05) is 6.61 Å². The topological polar surface area (TPSA) is 35.5 Å². The highest BCUT2D eigenvalue weighted by molar-refractivity contribution is 5.73. The third kappa shape index (κ3) is 5.52. The summed E-state index contributed by atoms with van der Waals surface area (Å²) in [4.78, 5) is 11.3. The number of carbonyl (C=O) groups is 1. The monoisotopic (exact) mass is 316 g/mol. The number of hydrogen-bond acceptors (Lipinski definition) is 3. The van der Waals surface area contributed by atoms with Crippen molar-refractivity contribution >= 4 is 5.97 Å². The number of hydrogen-bond donors (Lipinski definition) is 0. The minimum absolute atomic E-state index is 0.0484. The molecule has 1 rings (SSSR count). The molecule has 9 heteroatoms. The molecule has 0 aliphatic heterocycles. The highest BCUT2D eigenvalue weighted by atomic mass is 19.4. The molecule has 0 amide bonds. The van der Waals surface area contributed by atoms with Gasteiger partial charge in [0.2, 0.25) is 0 Å². The maximum Gasteiger partial charge on any atom is 0.573 e. The number of halogens is 6. The SMILES string of the molecule is CCOC(=O)Cc1cc(C(F)(F)F)ccc1OC(F)(F)F. The predicted octanol–water partition coefficient (Wildman–Crippen LogP) is 3.71. The summed E-state index contributed by atoms with van der Waals surface area (Å²) in [6, 6.07) is 1.39. The molecule has 0 N–H and O–H groups in total. The highest BCUT2D eigenvalue weighted by Crippen LogP contribution is 2.34. The maximum absolute atomic E-state index is 12.5. The van der Waals surface area contributed by atoms with Gasteiger partial charge in [-0.3, -0.25) is 4.79 Å². The first kappa shape index (κ1) is 17.1. The Morgan fingerprint density at radius 3 is 2.24 bits per heavy atom. The molecule has 0 spiro atoms. The quantitative estimate of drug-likeness (QED) is 0.627. The molecule has 0 heterocycles. The molecule has 0 aliphatic carbocycles. The van der Waals surface area contributed by atoms with Gasteiger partial charge in [0, 0.05) is 5.56 Å². The van der Waals surface area contributed by atoms with Gasteiger partial charge in [-0.05, 0) is 25.1 Å². The zero-order valence-corrected chi connectivity index (χ0v) is 10.6. The van der Waals surface area contributed by atoms with Crippen molar-refractivity contribution in [3.63, 3.8) is 0 Å². The fourth-order valence-electron chi connectivity index (χ4n) is 1.49. The largest absolute Gasteiger partial charge is 0.573 e. The van der Waals surface area contributed by atoms with Gasteiger partial charge < -0.3 is 9.47 Å². The Hall–Kier alpha value is -1.93. The van der Waals surface area contributed by atoms with E-state index in [1.54, 1.807) is 0 Å². The molecule has 0 saturated carbocycles. The van der Waals surface area contributed by atoms with Crippen molar-refractivity contribution in [2.24, 2.45) is 0 Å². The van der Waals surface area contributed by atoms with Crippen LogP contribution in [-0.2, 0) is 22.1 Å². The van der Waals surface area contributed by atoms with Crippen LogP contribution in [0.4, 0.5) is 26.3 Å². The summed E-state index contributed by atoms with van der Waals surface area (Å²) in [6.07, 6.45) is -10.6. The minimum Gasteiger partial charge on any atom is -0.466 e. The second-order valence-corrected chi connectivity index (χ2v) is 3.85. The van der Waals surface area contributed by atoms with E-state index in [-0.39, 0.29) is 6.61 Å². The number of esters is 1. The average Bonchev–Trinajstić information content (AvgIpc) is 2.28. The van der Waals surface area contributed by atoms with E-state index in [2.05, 4.69) is 9.47 Å². The molecule has 1 aromatic rings. The molecule has 0 saturated heterocycles. The van der Waals surface area contributed by atoms with Crippen LogP contribution in [0.3, 0.4) is 0 Å². The Bertz CT molecular complexity index is 507. The van der Waals surface area contributed by atoms with Crippen LogP contribution >= 0.6 is 0 Å². The second kappa shape index (κ2) is 6.23. The van der Waals surface area contributed by atoms with Crippen LogP contribution in [0.1, 0.15) is 18.1 Å². The summed E-state index contributed by atoms with van der Waals surface area (Å²) in [5.74, 6) is -1.83. The number of benzene rings is 1. The third-order valence-electron chi connectivity index (χ3n) is 2.25. The standard InChI is InChI=1S/C12H10F6O3/c1-2-20-10(19)6-7-5-8(11(13,14)15)3-4-9(7)21-12(16,17)18/h3-5H,2,6H2,1H3. The van der Waals surface area contributed by atoms with Crippen LogP contribution in [0, 0.1) is 0 Å². The lowest BCUT2D eigenvalue weighted by molar-refractivity contribution is -0.275. The summed E-state index contributed by atoms with van der Waals surface area (Å²) in [6.45, 7) is 1.41. The van der Waals surface area contributed by atoms with Gasteiger partial charge in [0.25, 0.3) is 0 Å². The van der Waals surface area contributed by atoms with Gasteiger partial charge in [0.1, 0.15) is 5.75 Å². The summed E-state index contributed by atoms with van der Waals surface area (Å²) < 4.78 is 82.3. The smallest absolute Gasteiger partial charge is 0.466 e. The van der Waals surface area contributed by atoms with Gasteiger partial charge in [-0.2, -0.15) is 13.2 Å². The van der Waals surface area contributed by atoms with Crippen molar-refractivity contribution < 1.29 is 40.6 Å². The van der Waals surface area contributed by atoms with Gasteiger partial charge in [0.15, 0.2) is 0 Å². The molecule has 0 bridgehead atoms. The molecule has 0 atom stereocenters. The van der Waals surface area contributed by atoms with E-state index in [1.165, 1.54) is 6.92 Å². The van der Waals surface area contributed by atoms with Gasteiger partial charge in [-0.1, -0.05) is 0 Å². The summed E-state index contributed by atoms with van der Waals surface area (Å²) in [5.41, 5.74) is -1.74. The molecular weight excluding hydrogens is 306 g/mol. The fourth-order valence-corrected chi connectivity index (χ4v) is 1.49. The van der Waals surface area contributed by atoms with E-state index in [0.717, 1.165) is 0 Å². The Morgan fingerprint density at radius 1 is 1.14 bits per heavy atom. The normalized spacial score (nSPS) is 12.1. The first-order valence-corrected chi connectivity index (χ1v) is 5.64. The number of carbonyl (C=O) groups excluding carboxylic acids is 1. The predicted molar refractivity (Wildman–Crippen MR) is 58.5 cm³/mol. The molecule has 0 aliphatic rings. The third-order valence-corrected chi connectivity index (χ3v) is 2.25. The van der Waals surface area contributed by atoms with E-state index < -0.39 is 41.8 Å². The lowest BCUT2D eigenvalue weighted by Crippen LogP contribution is -2.19. The Balaban J connectivity index is 3.15. The highest BCUT2D eigenvalue weighted by Gasteiger charge is 2.35. The first-order valence-electron chi connectivity index (χ1n) is 5.64. The van der Waals surface area contributed by atoms with Gasteiger partial charge in [-0.15, -0.1) is 13.2 Å². The molecule has 21 heavy (non-hydrogen) atoms. The van der Waals surface area contributed by atoms with Crippen molar-refractivity contribution in [1.29, 1.82) is 0 Å². The molecule has 118 valence electrons. The summed E-state index contributed by atoms with van der Waals surface area (Å²) in [7, 11) is 0. The molecule has 0 radical (unpaired) electrons. The van der Waals surface area contributed by atoms with Crippen LogP contribution in [0.15, 0.2) is 18.2 Å². The minimum atomic E-state index is -5.08. The summed E-state index contributed by atoms with van der Waals surface area (Å²) in [5, 5.41) is 0. The van der Waals surface area contributed by atoms with E-state index >= 15 is 0 Å². The van der Waals surface area contributed by atoms with Crippen LogP contribution in [0.5, 0.6) is 5.75 Å². The van der Waals surface area contributed by atoms with Gasteiger partial charge in [0.05, 0.1) is 18.6 Å². The van der Waals surface area contributed by atoms with E-state index in [0.29, 0.717) is 18.2 Å². The van der Waals surface area contributed by atoms with Crippen LogP contribution < -0.4 is 4.74 Å². The molecule has 3 nitrogen and oxygen atoms in total. The number of alkyl halides is 6. The summed E-state index contributed by atoms with van der Waals surface area (Å²) >= 11 is 0. The van der Waals surface area contributed by atoms with Crippen molar-refractivity contribution in [3.8, 4) is 5.75 Å². The van der Waals surface area contributed by atoms with Gasteiger partial charge >= 0.3 is 18.5 Å². The second-order valence-electron chi connectivity index (χ2n) is 3.85. The van der Waals surface area contributed by atoms with Crippen LogP contribution in [-0.4, -0.2) is 18.9 Å². The van der Waals surface area contributed by atoms with Crippen molar-refractivity contribution in [1.82, 2.24) is 0 Å². The first-order chi connectivity index (χ1) is 9.53. The average molecular weight is 316 g/mol. The molecule has 0 fully saturated rings. The molecule has 0 aromatic heterocycles. The van der Waals surface area contributed by atoms with E-state index in [9.17, 15) is 31.1 Å². The lowest BCUT2D eigenvalue weighted by atomic mass is 10.1. The molecule has 0 unspecified atom stereocenters. The zero-order chi connectivity index (χ0) is 16.3. The van der Waals surface area contributed by atoms with E-state index in [4.69, 9.17) is 0 Å². The van der Waals surface area contributed by atoms with Crippen LogP contribution in [0.2, 0.25) is 0 Å².